The molecule has 3 rings (SSSR count). The molecule has 2 saturated heterocycles. The zero-order chi connectivity index (χ0) is 18.6. The molecule has 26 heavy (non-hydrogen) atoms. The van der Waals surface area contributed by atoms with Crippen LogP contribution < -0.4 is 5.32 Å². The van der Waals surface area contributed by atoms with Crippen molar-refractivity contribution in [3.8, 4) is 0 Å². The van der Waals surface area contributed by atoms with Gasteiger partial charge in [0.1, 0.15) is 0 Å². The maximum atomic E-state index is 12.9. The third-order valence-electron chi connectivity index (χ3n) is 5.44. The molecule has 0 radical (unpaired) electrons. The fraction of sp³-hybridized carbons (Fsp3) is 0.632. The van der Waals surface area contributed by atoms with Gasteiger partial charge in [0, 0.05) is 32.7 Å². The van der Waals surface area contributed by atoms with Crippen LogP contribution in [0.15, 0.2) is 24.3 Å². The third-order valence-corrected chi connectivity index (χ3v) is 7.44. The molecule has 1 amide bonds. The zero-order valence-electron chi connectivity index (χ0n) is 15.5. The van der Waals surface area contributed by atoms with E-state index in [9.17, 15) is 13.2 Å². The van der Waals surface area contributed by atoms with E-state index in [1.54, 1.807) is 4.31 Å². The maximum absolute atomic E-state index is 12.9. The Kier molecular flexibility index (Phi) is 6.32. The van der Waals surface area contributed by atoms with E-state index in [1.807, 2.05) is 31.2 Å². The monoisotopic (exact) mass is 379 g/mol. The number of hydrogen-bond donors (Lipinski definition) is 1. The van der Waals surface area contributed by atoms with Gasteiger partial charge in [0.2, 0.25) is 5.91 Å². The summed E-state index contributed by atoms with van der Waals surface area (Å²) in [6, 6.07) is 7.96. The minimum Gasteiger partial charge on any atom is -0.352 e. The number of piperidine rings is 2. The molecule has 6 nitrogen and oxygen atoms in total. The first-order chi connectivity index (χ1) is 12.5. The highest BCUT2D eigenvalue weighted by Gasteiger charge is 2.36. The maximum Gasteiger partial charge on any atom is 0.281 e. The second-order valence-electron chi connectivity index (χ2n) is 7.31. The summed E-state index contributed by atoms with van der Waals surface area (Å²) in [6.45, 7) is 4.51. The normalized spacial score (nSPS) is 22.9. The van der Waals surface area contributed by atoms with Crippen LogP contribution in [0.25, 0.3) is 0 Å². The van der Waals surface area contributed by atoms with Crippen LogP contribution >= 0.6 is 0 Å². The molecule has 144 valence electrons. The molecule has 2 aliphatic heterocycles. The van der Waals surface area contributed by atoms with E-state index in [4.69, 9.17) is 0 Å². The van der Waals surface area contributed by atoms with Gasteiger partial charge in [-0.05, 0) is 43.7 Å². The summed E-state index contributed by atoms with van der Waals surface area (Å²) in [7, 11) is -3.44. The van der Waals surface area contributed by atoms with Crippen molar-refractivity contribution in [1.82, 2.24) is 13.9 Å². The first-order valence-corrected chi connectivity index (χ1v) is 11.0. The predicted molar refractivity (Wildman–Crippen MR) is 102 cm³/mol. The number of carbonyl (C=O) groups excluding carboxylic acids is 1. The van der Waals surface area contributed by atoms with Crippen LogP contribution in [0.5, 0.6) is 0 Å². The Morgan fingerprint density at radius 1 is 1.08 bits per heavy atom. The van der Waals surface area contributed by atoms with Crippen LogP contribution in [-0.2, 0) is 21.5 Å². The summed E-state index contributed by atoms with van der Waals surface area (Å²) >= 11 is 0. The minimum absolute atomic E-state index is 0.0493. The summed E-state index contributed by atoms with van der Waals surface area (Å²) in [5.74, 6) is -0.320. The average molecular weight is 380 g/mol. The lowest BCUT2D eigenvalue weighted by Gasteiger charge is -2.36. The molecule has 0 spiro atoms. The van der Waals surface area contributed by atoms with Gasteiger partial charge in [-0.25, -0.2) is 0 Å². The van der Waals surface area contributed by atoms with Gasteiger partial charge in [-0.1, -0.05) is 30.7 Å². The Labute approximate surface area is 156 Å². The average Bonchev–Trinajstić information content (AvgIpc) is 2.68. The molecule has 1 N–H and O–H groups in total. The lowest BCUT2D eigenvalue weighted by atomic mass is 9.98. The summed E-state index contributed by atoms with van der Waals surface area (Å²) in [5, 5.41) is 2.99. The van der Waals surface area contributed by atoms with Crippen molar-refractivity contribution in [3.63, 3.8) is 0 Å². The molecule has 0 saturated carbocycles. The van der Waals surface area contributed by atoms with Crippen LogP contribution in [0.4, 0.5) is 0 Å². The fourth-order valence-corrected chi connectivity index (χ4v) is 5.53. The number of rotatable bonds is 5. The molecule has 1 unspecified atom stereocenters. The zero-order valence-corrected chi connectivity index (χ0v) is 16.3. The molecule has 2 aliphatic rings. The first-order valence-electron chi connectivity index (χ1n) is 9.56. The standard InChI is InChI=1S/C19H29N3O3S/c1-16-8-3-4-9-17(16)14-20-19(23)18-10-7-13-22(15-18)26(24,25)21-11-5-2-6-12-21/h3-4,8-9,18H,2,5-7,10-15H2,1H3,(H,20,23). The van der Waals surface area contributed by atoms with E-state index in [2.05, 4.69) is 5.32 Å². The van der Waals surface area contributed by atoms with Crippen LogP contribution in [-0.4, -0.2) is 49.1 Å². The van der Waals surface area contributed by atoms with E-state index >= 15 is 0 Å². The molecule has 7 heteroatoms. The fourth-order valence-electron chi connectivity index (χ4n) is 3.76. The SMILES string of the molecule is Cc1ccccc1CNC(=O)C1CCCN(S(=O)(=O)N2CCCCC2)C1. The number of nitrogens with zero attached hydrogens (tertiary/aromatic N) is 2. The van der Waals surface area contributed by atoms with Crippen molar-refractivity contribution >= 4 is 16.1 Å². The van der Waals surface area contributed by atoms with Gasteiger partial charge in [0.05, 0.1) is 5.92 Å². The highest BCUT2D eigenvalue weighted by molar-refractivity contribution is 7.86. The lowest BCUT2D eigenvalue weighted by Crippen LogP contribution is -2.51. The van der Waals surface area contributed by atoms with Crippen molar-refractivity contribution in [2.24, 2.45) is 5.92 Å². The number of carbonyl (C=O) groups is 1. The van der Waals surface area contributed by atoms with E-state index in [0.29, 0.717) is 32.7 Å². The predicted octanol–water partition coefficient (Wildman–Crippen LogP) is 2.05. The van der Waals surface area contributed by atoms with Crippen molar-refractivity contribution in [1.29, 1.82) is 0 Å². The number of nitrogens with one attached hydrogen (secondary N) is 1. The smallest absolute Gasteiger partial charge is 0.281 e. The molecule has 0 aliphatic carbocycles. The number of hydrogen-bond acceptors (Lipinski definition) is 3. The Bertz CT molecular complexity index is 729. The minimum atomic E-state index is -3.44. The largest absolute Gasteiger partial charge is 0.352 e. The van der Waals surface area contributed by atoms with Gasteiger partial charge in [-0.3, -0.25) is 4.79 Å². The van der Waals surface area contributed by atoms with E-state index in [1.165, 1.54) is 4.31 Å². The van der Waals surface area contributed by atoms with Gasteiger partial charge < -0.3 is 5.32 Å². The summed E-state index contributed by atoms with van der Waals surface area (Å²) in [6.07, 6.45) is 4.41. The van der Waals surface area contributed by atoms with E-state index in [0.717, 1.165) is 43.2 Å². The number of amides is 1. The molecule has 2 fully saturated rings. The summed E-state index contributed by atoms with van der Waals surface area (Å²) in [4.78, 5) is 12.6. The van der Waals surface area contributed by atoms with Crippen LogP contribution in [0, 0.1) is 12.8 Å². The van der Waals surface area contributed by atoms with Crippen molar-refractivity contribution in [3.05, 3.63) is 35.4 Å². The molecule has 0 bridgehead atoms. The second-order valence-corrected chi connectivity index (χ2v) is 9.24. The van der Waals surface area contributed by atoms with Crippen LogP contribution in [0.1, 0.15) is 43.2 Å². The summed E-state index contributed by atoms with van der Waals surface area (Å²) in [5.41, 5.74) is 2.24. The Morgan fingerprint density at radius 3 is 2.50 bits per heavy atom. The number of aryl methyl sites for hydroxylation is 1. The molecule has 2 heterocycles. The Hall–Kier alpha value is -1.44. The van der Waals surface area contributed by atoms with E-state index < -0.39 is 10.2 Å². The van der Waals surface area contributed by atoms with Crippen molar-refractivity contribution in [2.75, 3.05) is 26.2 Å². The van der Waals surface area contributed by atoms with E-state index in [-0.39, 0.29) is 11.8 Å². The molecule has 1 atom stereocenters. The van der Waals surface area contributed by atoms with Crippen LogP contribution in [0.3, 0.4) is 0 Å². The summed E-state index contributed by atoms with van der Waals surface area (Å²) < 4.78 is 28.8. The number of benzene rings is 1. The van der Waals surface area contributed by atoms with Gasteiger partial charge in [0.25, 0.3) is 10.2 Å². The highest BCUT2D eigenvalue weighted by Crippen LogP contribution is 2.23. The molecular weight excluding hydrogens is 350 g/mol. The van der Waals surface area contributed by atoms with Crippen molar-refractivity contribution in [2.45, 2.75) is 45.6 Å². The van der Waals surface area contributed by atoms with Gasteiger partial charge in [-0.2, -0.15) is 17.0 Å². The lowest BCUT2D eigenvalue weighted by molar-refractivity contribution is -0.126. The Balaban J connectivity index is 1.59. The van der Waals surface area contributed by atoms with Gasteiger partial charge in [-0.15, -0.1) is 0 Å². The van der Waals surface area contributed by atoms with Gasteiger partial charge >= 0.3 is 0 Å². The van der Waals surface area contributed by atoms with Crippen molar-refractivity contribution < 1.29 is 13.2 Å². The van der Waals surface area contributed by atoms with Gasteiger partial charge in [0.15, 0.2) is 0 Å². The molecule has 1 aromatic carbocycles. The topological polar surface area (TPSA) is 69.7 Å². The Morgan fingerprint density at radius 2 is 1.77 bits per heavy atom. The molecule has 0 aromatic heterocycles. The molecular formula is C19H29N3O3S. The highest BCUT2D eigenvalue weighted by atomic mass is 32.2. The third kappa shape index (κ3) is 4.45. The quantitative estimate of drug-likeness (QED) is 0.851. The molecule has 1 aromatic rings. The first kappa shape index (κ1) is 19.3. The second kappa shape index (κ2) is 8.50. The van der Waals surface area contributed by atoms with Crippen LogP contribution in [0.2, 0.25) is 0 Å².